The van der Waals surface area contributed by atoms with Crippen LogP contribution in [0.15, 0.2) is 24.3 Å². The minimum Gasteiger partial charge on any atom is -0.381 e. The van der Waals surface area contributed by atoms with Crippen molar-refractivity contribution in [2.75, 3.05) is 32.6 Å². The van der Waals surface area contributed by atoms with Crippen molar-refractivity contribution in [1.82, 2.24) is 9.62 Å². The third-order valence-corrected chi connectivity index (χ3v) is 6.62. The Morgan fingerprint density at radius 2 is 2.08 bits per heavy atom. The molecule has 1 aromatic rings. The van der Waals surface area contributed by atoms with Crippen LogP contribution in [0.5, 0.6) is 0 Å². The third-order valence-electron chi connectivity index (χ3n) is 5.35. The van der Waals surface area contributed by atoms with Gasteiger partial charge >= 0.3 is 0 Å². The number of hydrogen-bond donors (Lipinski definition) is 1. The molecule has 2 aliphatic heterocycles. The minimum absolute atomic E-state index is 0.174. The van der Waals surface area contributed by atoms with Gasteiger partial charge in [0.1, 0.15) is 5.82 Å². The van der Waals surface area contributed by atoms with Gasteiger partial charge in [-0.25, -0.2) is 17.1 Å². The quantitative estimate of drug-likeness (QED) is 0.852. The number of carbonyl (C=O) groups excluding carboxylic acids is 1. The summed E-state index contributed by atoms with van der Waals surface area (Å²) in [6, 6.07) is 5.92. The summed E-state index contributed by atoms with van der Waals surface area (Å²) in [5, 5.41) is 3.03. The monoisotopic (exact) mass is 384 g/mol. The first kappa shape index (κ1) is 19.3. The molecule has 1 amide bonds. The molecule has 0 aromatic heterocycles. The molecule has 3 rings (SSSR count). The van der Waals surface area contributed by atoms with Crippen LogP contribution in [0.3, 0.4) is 0 Å². The highest BCUT2D eigenvalue weighted by Gasteiger charge is 2.43. The van der Waals surface area contributed by atoms with E-state index in [2.05, 4.69) is 5.32 Å². The maximum absolute atomic E-state index is 13.8. The predicted molar refractivity (Wildman–Crippen MR) is 95.7 cm³/mol. The van der Waals surface area contributed by atoms with Crippen LogP contribution in [0.2, 0.25) is 0 Å². The van der Waals surface area contributed by atoms with Crippen molar-refractivity contribution in [1.29, 1.82) is 0 Å². The molecule has 2 saturated heterocycles. The molecule has 0 aliphatic carbocycles. The maximum Gasteiger partial charge on any atom is 0.231 e. The van der Waals surface area contributed by atoms with Gasteiger partial charge in [-0.05, 0) is 43.4 Å². The molecule has 0 spiro atoms. The van der Waals surface area contributed by atoms with Crippen LogP contribution >= 0.6 is 0 Å². The molecule has 0 saturated carbocycles. The Morgan fingerprint density at radius 3 is 2.73 bits per heavy atom. The van der Waals surface area contributed by atoms with Crippen molar-refractivity contribution >= 4 is 15.9 Å². The van der Waals surface area contributed by atoms with Gasteiger partial charge in [-0.2, -0.15) is 0 Å². The van der Waals surface area contributed by atoms with Crippen molar-refractivity contribution in [2.24, 2.45) is 0 Å². The van der Waals surface area contributed by atoms with E-state index in [1.165, 1.54) is 22.7 Å². The van der Waals surface area contributed by atoms with Crippen molar-refractivity contribution in [3.8, 4) is 0 Å². The van der Waals surface area contributed by atoms with Gasteiger partial charge in [-0.3, -0.25) is 4.79 Å². The lowest BCUT2D eigenvalue weighted by atomic mass is 9.73. The second kappa shape index (κ2) is 7.62. The summed E-state index contributed by atoms with van der Waals surface area (Å²) in [5.41, 5.74) is -0.192. The van der Waals surface area contributed by atoms with Gasteiger partial charge in [-0.1, -0.05) is 12.1 Å². The molecular formula is C18H25FN2O4S. The standard InChI is InChI=1S/C18H25FN2O4S/c1-26(23,24)21-9-3-6-16(13-21)20-17(22)18(7-10-25-11-8-18)14-4-2-5-15(19)12-14/h2,4-5,12,16H,3,6-11,13H2,1H3,(H,20,22). The van der Waals surface area contributed by atoms with E-state index in [9.17, 15) is 17.6 Å². The van der Waals surface area contributed by atoms with Gasteiger partial charge in [0.05, 0.1) is 11.7 Å². The number of halogens is 1. The van der Waals surface area contributed by atoms with Crippen molar-refractivity contribution in [3.05, 3.63) is 35.6 Å². The van der Waals surface area contributed by atoms with E-state index in [0.717, 1.165) is 6.42 Å². The van der Waals surface area contributed by atoms with Gasteiger partial charge in [0, 0.05) is 32.3 Å². The van der Waals surface area contributed by atoms with E-state index >= 15 is 0 Å². The first-order valence-corrected chi connectivity index (χ1v) is 10.8. The van der Waals surface area contributed by atoms with Crippen LogP contribution in [-0.2, 0) is 25.0 Å². The summed E-state index contributed by atoms with van der Waals surface area (Å²) >= 11 is 0. The number of ether oxygens (including phenoxy) is 1. The zero-order valence-corrected chi connectivity index (χ0v) is 15.7. The lowest BCUT2D eigenvalue weighted by Gasteiger charge is -2.39. The fraction of sp³-hybridized carbons (Fsp3) is 0.611. The third kappa shape index (κ3) is 4.07. The van der Waals surface area contributed by atoms with Gasteiger partial charge in [-0.15, -0.1) is 0 Å². The highest BCUT2D eigenvalue weighted by atomic mass is 32.2. The van der Waals surface area contributed by atoms with Crippen molar-refractivity contribution < 1.29 is 22.3 Å². The van der Waals surface area contributed by atoms with Crippen LogP contribution in [0.25, 0.3) is 0 Å². The number of rotatable bonds is 4. The summed E-state index contributed by atoms with van der Waals surface area (Å²) in [5.74, 6) is -0.547. The molecule has 1 aromatic carbocycles. The Bertz CT molecular complexity index is 762. The first-order chi connectivity index (χ1) is 12.3. The highest BCUT2D eigenvalue weighted by molar-refractivity contribution is 7.88. The molecule has 144 valence electrons. The molecule has 8 heteroatoms. The molecular weight excluding hydrogens is 359 g/mol. The predicted octanol–water partition coefficient (Wildman–Crippen LogP) is 1.41. The fourth-order valence-electron chi connectivity index (χ4n) is 3.84. The molecule has 26 heavy (non-hydrogen) atoms. The fourth-order valence-corrected chi connectivity index (χ4v) is 4.75. The molecule has 0 bridgehead atoms. The second-order valence-electron chi connectivity index (χ2n) is 7.14. The summed E-state index contributed by atoms with van der Waals surface area (Å²) < 4.78 is 44.2. The number of nitrogens with one attached hydrogen (secondary N) is 1. The molecule has 0 radical (unpaired) electrons. The average molecular weight is 384 g/mol. The van der Waals surface area contributed by atoms with E-state index in [0.29, 0.717) is 44.6 Å². The normalized spacial score (nSPS) is 24.2. The van der Waals surface area contributed by atoms with Crippen LogP contribution in [0, 0.1) is 5.82 Å². The van der Waals surface area contributed by atoms with Crippen LogP contribution in [0.1, 0.15) is 31.2 Å². The lowest BCUT2D eigenvalue weighted by molar-refractivity contribution is -0.131. The number of hydrogen-bond acceptors (Lipinski definition) is 4. The Kier molecular flexibility index (Phi) is 5.64. The van der Waals surface area contributed by atoms with Gasteiger partial charge in [0.25, 0.3) is 0 Å². The molecule has 2 heterocycles. The summed E-state index contributed by atoms with van der Waals surface area (Å²) in [7, 11) is -3.28. The van der Waals surface area contributed by atoms with E-state index in [-0.39, 0.29) is 24.3 Å². The molecule has 2 fully saturated rings. The van der Waals surface area contributed by atoms with Crippen molar-refractivity contribution in [2.45, 2.75) is 37.1 Å². The minimum atomic E-state index is -3.28. The van der Waals surface area contributed by atoms with Crippen LogP contribution < -0.4 is 5.32 Å². The Morgan fingerprint density at radius 1 is 1.35 bits per heavy atom. The van der Waals surface area contributed by atoms with Crippen LogP contribution in [0.4, 0.5) is 4.39 Å². The summed E-state index contributed by atoms with van der Waals surface area (Å²) in [4.78, 5) is 13.2. The lowest BCUT2D eigenvalue weighted by Crippen LogP contribution is -2.55. The smallest absolute Gasteiger partial charge is 0.231 e. The van der Waals surface area contributed by atoms with Gasteiger partial charge in [0.15, 0.2) is 0 Å². The Balaban J connectivity index is 1.80. The molecule has 1 N–H and O–H groups in total. The second-order valence-corrected chi connectivity index (χ2v) is 9.12. The number of benzene rings is 1. The average Bonchev–Trinajstić information content (AvgIpc) is 2.62. The highest BCUT2D eigenvalue weighted by Crippen LogP contribution is 2.36. The zero-order valence-electron chi connectivity index (χ0n) is 14.9. The number of sulfonamides is 1. The number of amides is 1. The summed E-state index contributed by atoms with van der Waals surface area (Å²) in [6.07, 6.45) is 3.57. The SMILES string of the molecule is CS(=O)(=O)N1CCCC(NC(=O)C2(c3cccc(F)c3)CCOCC2)C1. The zero-order chi connectivity index (χ0) is 18.8. The van der Waals surface area contributed by atoms with Gasteiger partial charge < -0.3 is 10.1 Å². The first-order valence-electron chi connectivity index (χ1n) is 8.91. The molecule has 1 unspecified atom stereocenters. The molecule has 6 nitrogen and oxygen atoms in total. The number of nitrogens with zero attached hydrogens (tertiary/aromatic N) is 1. The van der Waals surface area contributed by atoms with Crippen molar-refractivity contribution in [3.63, 3.8) is 0 Å². The van der Waals surface area contributed by atoms with E-state index in [1.807, 2.05) is 0 Å². The Hall–Kier alpha value is -1.51. The number of carbonyl (C=O) groups is 1. The largest absolute Gasteiger partial charge is 0.381 e. The summed E-state index contributed by atoms with van der Waals surface area (Å²) in [6.45, 7) is 1.63. The van der Waals surface area contributed by atoms with E-state index in [4.69, 9.17) is 4.74 Å². The van der Waals surface area contributed by atoms with E-state index in [1.54, 1.807) is 12.1 Å². The topological polar surface area (TPSA) is 75.7 Å². The van der Waals surface area contributed by atoms with E-state index < -0.39 is 15.4 Å². The van der Waals surface area contributed by atoms with Gasteiger partial charge in [0.2, 0.25) is 15.9 Å². The Labute approximate surface area is 153 Å². The van der Waals surface area contributed by atoms with Crippen LogP contribution in [-0.4, -0.2) is 57.2 Å². The molecule has 1 atom stereocenters. The molecule has 2 aliphatic rings. The number of piperidine rings is 1. The maximum atomic E-state index is 13.8.